The third-order valence-corrected chi connectivity index (χ3v) is 5.66. The Labute approximate surface area is 176 Å². The van der Waals surface area contributed by atoms with Gasteiger partial charge < -0.3 is 10.2 Å². The van der Waals surface area contributed by atoms with Crippen LogP contribution < -0.4 is 10.2 Å². The number of nitrogens with one attached hydrogen (secondary N) is 1. The van der Waals surface area contributed by atoms with Crippen LogP contribution in [0.1, 0.15) is 30.1 Å². The Kier molecular flexibility index (Phi) is 6.12. The highest BCUT2D eigenvalue weighted by atomic mass is 32.2. The fraction of sp³-hybridized carbons (Fsp3) is 0.400. The number of carbonyl (C=O) groups is 1. The predicted octanol–water partition coefficient (Wildman–Crippen LogP) is 3.25. The molecule has 0 atom stereocenters. The van der Waals surface area contributed by atoms with Crippen molar-refractivity contribution >= 4 is 34.5 Å². The number of fused-ring (bicyclic) bond motifs is 1. The van der Waals surface area contributed by atoms with Crippen LogP contribution in [0.5, 0.6) is 0 Å². The van der Waals surface area contributed by atoms with Gasteiger partial charge in [-0.05, 0) is 30.7 Å². The van der Waals surface area contributed by atoms with Gasteiger partial charge in [-0.1, -0.05) is 24.8 Å². The number of aromatic nitrogens is 4. The van der Waals surface area contributed by atoms with Crippen molar-refractivity contribution in [3.8, 4) is 0 Å². The topological polar surface area (TPSA) is 75.9 Å². The molecule has 1 amide bonds. The second-order valence-corrected chi connectivity index (χ2v) is 8.15. The molecule has 2 aromatic heterocycles. The van der Waals surface area contributed by atoms with Gasteiger partial charge in [0, 0.05) is 19.6 Å². The summed E-state index contributed by atoms with van der Waals surface area (Å²) >= 11 is 1.56. The molecule has 1 N–H and O–H groups in total. The number of benzene rings is 1. The largest absolute Gasteiger partial charge is 0.356 e. The zero-order chi connectivity index (χ0) is 21.1. The Hall–Kier alpha value is -2.75. The second-order valence-electron chi connectivity index (χ2n) is 6.91. The molecule has 1 saturated heterocycles. The lowest BCUT2D eigenvalue weighted by molar-refractivity contribution is 0.0943. The molecule has 1 fully saturated rings. The molecule has 0 unspecified atom stereocenters. The van der Waals surface area contributed by atoms with Crippen molar-refractivity contribution < 1.29 is 13.6 Å². The molecule has 0 aliphatic carbocycles. The molecule has 0 saturated carbocycles. The smallest absolute Gasteiger partial charge is 0.257 e. The predicted molar refractivity (Wildman–Crippen MR) is 112 cm³/mol. The van der Waals surface area contributed by atoms with Gasteiger partial charge >= 0.3 is 0 Å². The molecule has 30 heavy (non-hydrogen) atoms. The molecule has 1 aromatic carbocycles. The first-order valence-electron chi connectivity index (χ1n) is 9.92. The Morgan fingerprint density at radius 3 is 2.63 bits per heavy atom. The number of hydrogen-bond acceptors (Lipinski definition) is 6. The number of hydrogen-bond donors (Lipinski definition) is 1. The number of carbonyl (C=O) groups excluding carboxylic acids is 1. The second kappa shape index (κ2) is 8.95. The van der Waals surface area contributed by atoms with Crippen LogP contribution >= 0.6 is 11.8 Å². The van der Waals surface area contributed by atoms with Gasteiger partial charge in [0.15, 0.2) is 10.8 Å². The molecule has 0 radical (unpaired) electrons. The maximum Gasteiger partial charge on any atom is 0.257 e. The van der Waals surface area contributed by atoms with E-state index in [0.717, 1.165) is 55.0 Å². The van der Waals surface area contributed by atoms with Gasteiger partial charge in [0.25, 0.3) is 5.91 Å². The highest BCUT2D eigenvalue weighted by Crippen LogP contribution is 2.29. The fourth-order valence-electron chi connectivity index (χ4n) is 3.53. The number of amides is 1. The van der Waals surface area contributed by atoms with Crippen molar-refractivity contribution in [2.75, 3.05) is 30.3 Å². The van der Waals surface area contributed by atoms with Crippen molar-refractivity contribution in [1.82, 2.24) is 25.1 Å². The Morgan fingerprint density at radius 2 is 1.93 bits per heavy atom. The molecular formula is C20H22F2N6OS. The molecule has 0 bridgehead atoms. The maximum absolute atomic E-state index is 13.8. The van der Waals surface area contributed by atoms with E-state index in [4.69, 9.17) is 4.98 Å². The van der Waals surface area contributed by atoms with Crippen LogP contribution in [-0.2, 0) is 6.54 Å². The summed E-state index contributed by atoms with van der Waals surface area (Å²) < 4.78 is 29.2. The summed E-state index contributed by atoms with van der Waals surface area (Å²) in [5.41, 5.74) is 0.109. The van der Waals surface area contributed by atoms with Crippen LogP contribution in [0.2, 0.25) is 0 Å². The minimum Gasteiger partial charge on any atom is -0.356 e. The lowest BCUT2D eigenvalue weighted by atomic mass is 10.2. The van der Waals surface area contributed by atoms with Crippen LogP contribution in [-0.4, -0.2) is 51.0 Å². The van der Waals surface area contributed by atoms with Gasteiger partial charge in [-0.15, -0.1) is 0 Å². The summed E-state index contributed by atoms with van der Waals surface area (Å²) in [5, 5.41) is 8.52. The van der Waals surface area contributed by atoms with Crippen molar-refractivity contribution in [1.29, 1.82) is 0 Å². The van der Waals surface area contributed by atoms with Crippen molar-refractivity contribution in [3.05, 3.63) is 41.6 Å². The molecule has 0 spiro atoms. The van der Waals surface area contributed by atoms with Gasteiger partial charge in [-0.2, -0.15) is 5.10 Å². The maximum atomic E-state index is 13.8. The Balaban J connectivity index is 1.53. The van der Waals surface area contributed by atoms with Crippen LogP contribution in [0, 0.1) is 11.6 Å². The lowest BCUT2D eigenvalue weighted by Gasteiger charge is -2.17. The standard InChI is InChI=1S/C20H22F2N6OS/c1-2-30-20-25-17(27-9-3-4-10-27)13-12-24-28(18(13)26-20)11-8-23-19(29)16-14(21)6-5-7-15(16)22/h5-7,12H,2-4,8-11H2,1H3,(H,23,29). The third kappa shape index (κ3) is 4.09. The summed E-state index contributed by atoms with van der Waals surface area (Å²) in [7, 11) is 0. The number of halogens is 2. The molecule has 7 nitrogen and oxygen atoms in total. The van der Waals surface area contributed by atoms with E-state index in [1.165, 1.54) is 6.07 Å². The van der Waals surface area contributed by atoms with Crippen LogP contribution in [0.3, 0.4) is 0 Å². The quantitative estimate of drug-likeness (QED) is 0.456. The number of rotatable bonds is 7. The summed E-state index contributed by atoms with van der Waals surface area (Å²) in [4.78, 5) is 23.8. The van der Waals surface area contributed by atoms with Gasteiger partial charge in [-0.3, -0.25) is 4.79 Å². The Bertz CT molecular complexity index is 1050. The number of thioether (sulfide) groups is 1. The molecular weight excluding hydrogens is 410 g/mol. The van der Waals surface area contributed by atoms with Gasteiger partial charge in [0.1, 0.15) is 23.0 Å². The number of anilines is 1. The first-order chi connectivity index (χ1) is 14.6. The summed E-state index contributed by atoms with van der Waals surface area (Å²) in [6, 6.07) is 3.34. The molecule has 1 aliphatic heterocycles. The minimum absolute atomic E-state index is 0.155. The first-order valence-corrected chi connectivity index (χ1v) is 10.9. The van der Waals surface area contributed by atoms with Crippen molar-refractivity contribution in [3.63, 3.8) is 0 Å². The van der Waals surface area contributed by atoms with E-state index >= 15 is 0 Å². The highest BCUT2D eigenvalue weighted by Gasteiger charge is 2.21. The monoisotopic (exact) mass is 432 g/mol. The molecule has 1 aliphatic rings. The Morgan fingerprint density at radius 1 is 1.20 bits per heavy atom. The van der Waals surface area contributed by atoms with Crippen molar-refractivity contribution in [2.45, 2.75) is 31.5 Å². The SMILES string of the molecule is CCSc1nc(N2CCCC2)c2cnn(CCNC(=O)c3c(F)cccc3F)c2n1. The minimum atomic E-state index is -0.888. The molecule has 3 aromatic rings. The van der Waals surface area contributed by atoms with Crippen LogP contribution in [0.15, 0.2) is 29.6 Å². The van der Waals surface area contributed by atoms with E-state index in [0.29, 0.717) is 17.3 Å². The molecule has 4 rings (SSSR count). The van der Waals surface area contributed by atoms with E-state index in [9.17, 15) is 13.6 Å². The van der Waals surface area contributed by atoms with Gasteiger partial charge in [0.2, 0.25) is 0 Å². The van der Waals surface area contributed by atoms with Crippen LogP contribution in [0.25, 0.3) is 11.0 Å². The summed E-state index contributed by atoms with van der Waals surface area (Å²) in [6.45, 7) is 4.43. The van der Waals surface area contributed by atoms with E-state index < -0.39 is 23.1 Å². The molecule has 10 heteroatoms. The molecule has 158 valence electrons. The first kappa shape index (κ1) is 20.5. The van der Waals surface area contributed by atoms with Crippen LogP contribution in [0.4, 0.5) is 14.6 Å². The van der Waals surface area contributed by atoms with Gasteiger partial charge in [-0.25, -0.2) is 23.4 Å². The fourth-order valence-corrected chi connectivity index (χ4v) is 4.09. The van der Waals surface area contributed by atoms with Gasteiger partial charge in [0.05, 0.1) is 18.1 Å². The normalized spacial score (nSPS) is 13.9. The highest BCUT2D eigenvalue weighted by molar-refractivity contribution is 7.99. The van der Waals surface area contributed by atoms with Crippen molar-refractivity contribution in [2.24, 2.45) is 0 Å². The summed E-state index contributed by atoms with van der Waals surface area (Å²) in [6.07, 6.45) is 4.00. The third-order valence-electron chi connectivity index (χ3n) is 4.93. The zero-order valence-corrected chi connectivity index (χ0v) is 17.4. The van der Waals surface area contributed by atoms with E-state index in [-0.39, 0.29) is 6.54 Å². The van der Waals surface area contributed by atoms with E-state index in [1.54, 1.807) is 22.6 Å². The average Bonchev–Trinajstić information content (AvgIpc) is 3.38. The van der Waals surface area contributed by atoms with E-state index in [1.807, 2.05) is 6.92 Å². The zero-order valence-electron chi connectivity index (χ0n) is 16.6. The summed E-state index contributed by atoms with van der Waals surface area (Å²) in [5.74, 6) is -0.833. The average molecular weight is 433 g/mol. The lowest BCUT2D eigenvalue weighted by Crippen LogP contribution is -2.29. The number of nitrogens with zero attached hydrogens (tertiary/aromatic N) is 5. The molecule has 3 heterocycles. The van der Waals surface area contributed by atoms with E-state index in [2.05, 4.69) is 20.3 Å².